The molecule has 3 rings (SSSR count). The quantitative estimate of drug-likeness (QED) is 0.879. The van der Waals surface area contributed by atoms with Gasteiger partial charge in [-0.05, 0) is 42.5 Å². The van der Waals surface area contributed by atoms with Crippen LogP contribution in [0.5, 0.6) is 0 Å². The molecular weight excluding hydrogens is 316 g/mol. The van der Waals surface area contributed by atoms with Gasteiger partial charge in [-0.2, -0.15) is 0 Å². The number of amides is 1. The Bertz CT molecular complexity index is 755. The molecule has 5 nitrogen and oxygen atoms in total. The van der Waals surface area contributed by atoms with Gasteiger partial charge in [-0.1, -0.05) is 30.3 Å². The molecule has 1 aromatic heterocycles. The van der Waals surface area contributed by atoms with Gasteiger partial charge in [-0.25, -0.2) is 0 Å². The third-order valence-electron chi connectivity index (χ3n) is 4.87. The minimum Gasteiger partial charge on any atom is -0.481 e. The highest BCUT2D eigenvalue weighted by Gasteiger charge is 2.40. The van der Waals surface area contributed by atoms with Crippen molar-refractivity contribution >= 4 is 11.9 Å². The van der Waals surface area contributed by atoms with Crippen LogP contribution in [-0.4, -0.2) is 26.9 Å². The van der Waals surface area contributed by atoms with Crippen LogP contribution in [0.1, 0.15) is 29.5 Å². The summed E-state index contributed by atoms with van der Waals surface area (Å²) in [6, 6.07) is 11.8. The zero-order valence-corrected chi connectivity index (χ0v) is 14.3. The normalized spacial score (nSPS) is 19.1. The van der Waals surface area contributed by atoms with Crippen LogP contribution < -0.4 is 0 Å². The average Bonchev–Trinajstić information content (AvgIpc) is 2.55. The molecule has 1 aliphatic carbocycles. The number of carbonyl (C=O) groups is 2. The highest BCUT2D eigenvalue weighted by atomic mass is 16.4. The number of carbonyl (C=O) groups excluding carboxylic acids is 1. The Morgan fingerprint density at radius 1 is 1.12 bits per heavy atom. The second-order valence-corrected chi connectivity index (χ2v) is 6.69. The number of pyridine rings is 1. The molecule has 0 saturated heterocycles. The zero-order chi connectivity index (χ0) is 17.8. The molecule has 0 aliphatic heterocycles. The monoisotopic (exact) mass is 338 g/mol. The number of rotatable bonds is 6. The maximum absolute atomic E-state index is 12.9. The van der Waals surface area contributed by atoms with Crippen LogP contribution in [0.4, 0.5) is 0 Å². The van der Waals surface area contributed by atoms with Crippen molar-refractivity contribution in [2.75, 3.05) is 0 Å². The van der Waals surface area contributed by atoms with Gasteiger partial charge in [-0.3, -0.25) is 14.6 Å². The number of aryl methyl sites for hydroxylation is 1. The van der Waals surface area contributed by atoms with Crippen molar-refractivity contribution < 1.29 is 14.7 Å². The Labute approximate surface area is 147 Å². The molecule has 0 radical (unpaired) electrons. The minimum absolute atomic E-state index is 0.0320. The summed E-state index contributed by atoms with van der Waals surface area (Å²) in [6.07, 6.45) is 4.34. The van der Waals surface area contributed by atoms with Gasteiger partial charge in [0.25, 0.3) is 0 Å². The predicted octanol–water partition coefficient (Wildman–Crippen LogP) is 3.03. The molecule has 1 aliphatic rings. The Morgan fingerprint density at radius 3 is 2.52 bits per heavy atom. The van der Waals surface area contributed by atoms with E-state index in [4.69, 9.17) is 5.11 Å². The first kappa shape index (κ1) is 17.1. The fourth-order valence-electron chi connectivity index (χ4n) is 3.20. The van der Waals surface area contributed by atoms with Gasteiger partial charge in [0.15, 0.2) is 0 Å². The first-order valence-corrected chi connectivity index (χ1v) is 8.49. The average molecular weight is 338 g/mol. The SMILES string of the molecule is Cc1ccccc1CN(Cc1cccnc1)C(=O)C1CC(C(=O)O)C1. The summed E-state index contributed by atoms with van der Waals surface area (Å²) < 4.78 is 0. The van der Waals surface area contributed by atoms with Crippen molar-refractivity contribution in [2.24, 2.45) is 11.8 Å². The van der Waals surface area contributed by atoms with Gasteiger partial charge in [0.05, 0.1) is 5.92 Å². The van der Waals surface area contributed by atoms with E-state index in [9.17, 15) is 9.59 Å². The molecular formula is C20H22N2O3. The van der Waals surface area contributed by atoms with Crippen LogP contribution in [0.15, 0.2) is 48.8 Å². The zero-order valence-electron chi connectivity index (χ0n) is 14.3. The van der Waals surface area contributed by atoms with Crippen LogP contribution in [0.3, 0.4) is 0 Å². The molecule has 1 aromatic carbocycles. The third-order valence-corrected chi connectivity index (χ3v) is 4.87. The molecule has 1 N–H and O–H groups in total. The van der Waals surface area contributed by atoms with Gasteiger partial charge >= 0.3 is 5.97 Å². The molecule has 5 heteroatoms. The van der Waals surface area contributed by atoms with Crippen molar-refractivity contribution in [1.82, 2.24) is 9.88 Å². The van der Waals surface area contributed by atoms with Crippen LogP contribution in [0.25, 0.3) is 0 Å². The van der Waals surface area contributed by atoms with Crippen molar-refractivity contribution in [1.29, 1.82) is 0 Å². The molecule has 1 saturated carbocycles. The molecule has 0 bridgehead atoms. The predicted molar refractivity (Wildman–Crippen MR) is 93.5 cm³/mol. The molecule has 1 heterocycles. The van der Waals surface area contributed by atoms with Gasteiger partial charge < -0.3 is 10.0 Å². The van der Waals surface area contributed by atoms with Crippen LogP contribution in [-0.2, 0) is 22.7 Å². The molecule has 25 heavy (non-hydrogen) atoms. The Morgan fingerprint density at radius 2 is 1.88 bits per heavy atom. The van der Waals surface area contributed by atoms with Crippen LogP contribution in [0.2, 0.25) is 0 Å². The van der Waals surface area contributed by atoms with Gasteiger partial charge in [0.1, 0.15) is 0 Å². The van der Waals surface area contributed by atoms with Crippen molar-refractivity contribution in [3.05, 3.63) is 65.5 Å². The van der Waals surface area contributed by atoms with E-state index in [1.807, 2.05) is 48.2 Å². The van der Waals surface area contributed by atoms with Gasteiger partial charge in [0.2, 0.25) is 5.91 Å². The number of carboxylic acids is 1. The molecule has 0 unspecified atom stereocenters. The first-order chi connectivity index (χ1) is 12.0. The number of aliphatic carboxylic acids is 1. The number of benzene rings is 1. The summed E-state index contributed by atoms with van der Waals surface area (Å²) in [4.78, 5) is 29.9. The van der Waals surface area contributed by atoms with Crippen LogP contribution in [0, 0.1) is 18.8 Å². The number of hydrogen-bond acceptors (Lipinski definition) is 3. The molecule has 1 amide bonds. The second kappa shape index (κ2) is 7.47. The Kier molecular flexibility index (Phi) is 5.12. The minimum atomic E-state index is -0.804. The van der Waals surface area contributed by atoms with E-state index < -0.39 is 5.97 Å². The number of nitrogens with zero attached hydrogens (tertiary/aromatic N) is 2. The molecule has 0 spiro atoms. The summed E-state index contributed by atoms with van der Waals surface area (Å²) in [5.41, 5.74) is 3.22. The molecule has 130 valence electrons. The lowest BCUT2D eigenvalue weighted by Crippen LogP contribution is -2.43. The van der Waals surface area contributed by atoms with Crippen LogP contribution >= 0.6 is 0 Å². The van der Waals surface area contributed by atoms with Crippen molar-refractivity contribution in [3.63, 3.8) is 0 Å². The summed E-state index contributed by atoms with van der Waals surface area (Å²) in [5, 5.41) is 9.05. The largest absolute Gasteiger partial charge is 0.481 e. The Balaban J connectivity index is 1.76. The summed E-state index contributed by atoms with van der Waals surface area (Å²) >= 11 is 0. The maximum atomic E-state index is 12.9. The first-order valence-electron chi connectivity index (χ1n) is 8.49. The highest BCUT2D eigenvalue weighted by Crippen LogP contribution is 2.36. The lowest BCUT2D eigenvalue weighted by atomic mass is 9.74. The van der Waals surface area contributed by atoms with E-state index in [1.54, 1.807) is 12.4 Å². The van der Waals surface area contributed by atoms with Gasteiger partial charge in [0, 0.05) is 31.4 Å². The van der Waals surface area contributed by atoms with E-state index in [1.165, 1.54) is 0 Å². The van der Waals surface area contributed by atoms with Crippen molar-refractivity contribution in [3.8, 4) is 0 Å². The standard InChI is InChI=1S/C20H22N2O3/c1-14-5-2-3-7-16(14)13-22(12-15-6-4-8-21-11-15)19(23)17-9-18(10-17)20(24)25/h2-8,11,17-18H,9-10,12-13H2,1H3,(H,24,25). The van der Waals surface area contributed by atoms with Gasteiger partial charge in [-0.15, -0.1) is 0 Å². The molecule has 2 aromatic rings. The summed E-state index contributed by atoms with van der Waals surface area (Å²) in [7, 11) is 0. The fourth-order valence-corrected chi connectivity index (χ4v) is 3.20. The van der Waals surface area contributed by atoms with E-state index in [0.717, 1.165) is 16.7 Å². The molecule has 0 atom stereocenters. The maximum Gasteiger partial charge on any atom is 0.306 e. The second-order valence-electron chi connectivity index (χ2n) is 6.69. The smallest absolute Gasteiger partial charge is 0.306 e. The lowest BCUT2D eigenvalue weighted by Gasteiger charge is -2.35. The third kappa shape index (κ3) is 4.05. The van der Waals surface area contributed by atoms with E-state index in [-0.39, 0.29) is 17.7 Å². The topological polar surface area (TPSA) is 70.5 Å². The fraction of sp³-hybridized carbons (Fsp3) is 0.350. The van der Waals surface area contributed by atoms with E-state index in [2.05, 4.69) is 4.98 Å². The summed E-state index contributed by atoms with van der Waals surface area (Å²) in [6.45, 7) is 3.04. The van der Waals surface area contributed by atoms with E-state index >= 15 is 0 Å². The number of carboxylic acid groups (broad SMARTS) is 1. The molecule has 1 fully saturated rings. The van der Waals surface area contributed by atoms with Crippen molar-refractivity contribution in [2.45, 2.75) is 32.9 Å². The number of hydrogen-bond donors (Lipinski definition) is 1. The highest BCUT2D eigenvalue weighted by molar-refractivity contribution is 5.83. The lowest BCUT2D eigenvalue weighted by molar-refractivity contribution is -0.152. The van der Waals surface area contributed by atoms with E-state index in [0.29, 0.717) is 25.9 Å². The number of aromatic nitrogens is 1. The summed E-state index contributed by atoms with van der Waals surface area (Å²) in [5.74, 6) is -1.35. The Hall–Kier alpha value is -2.69.